The minimum atomic E-state index is -0.400. The van der Waals surface area contributed by atoms with Gasteiger partial charge in [0.25, 0.3) is 5.91 Å². The highest BCUT2D eigenvalue weighted by atomic mass is 35.5. The van der Waals surface area contributed by atoms with Gasteiger partial charge in [0, 0.05) is 10.6 Å². The van der Waals surface area contributed by atoms with Crippen molar-refractivity contribution in [3.8, 4) is 0 Å². The Bertz CT molecular complexity index is 998. The van der Waals surface area contributed by atoms with Crippen LogP contribution < -0.4 is 21.9 Å². The molecule has 0 radical (unpaired) electrons. The molecule has 0 saturated heterocycles. The largest absolute Gasteiger partial charge is 0.393 e. The van der Waals surface area contributed by atoms with Crippen molar-refractivity contribution in [1.29, 1.82) is 0 Å². The number of nitrogens with zero attached hydrogens (tertiary/aromatic N) is 2. The van der Waals surface area contributed by atoms with Crippen LogP contribution >= 0.6 is 34.8 Å². The van der Waals surface area contributed by atoms with Crippen LogP contribution in [0.25, 0.3) is 0 Å². The zero-order valence-corrected chi connectivity index (χ0v) is 15.9. The third kappa shape index (κ3) is 4.51. The molecule has 0 bridgehead atoms. The van der Waals surface area contributed by atoms with E-state index in [2.05, 4.69) is 26.1 Å². The molecule has 10 heteroatoms. The second kappa shape index (κ2) is 8.30. The molecule has 0 fully saturated rings. The van der Waals surface area contributed by atoms with E-state index in [4.69, 9.17) is 40.5 Å². The predicted molar refractivity (Wildman–Crippen MR) is 109 cm³/mol. The van der Waals surface area contributed by atoms with Gasteiger partial charge in [-0.3, -0.25) is 15.6 Å². The van der Waals surface area contributed by atoms with Crippen LogP contribution in [-0.4, -0.2) is 15.9 Å². The number of halogens is 3. The second-order valence-corrected chi connectivity index (χ2v) is 6.52. The molecule has 0 saturated carbocycles. The minimum absolute atomic E-state index is 0.180. The van der Waals surface area contributed by atoms with Gasteiger partial charge in [-0.25, -0.2) is 9.97 Å². The van der Waals surface area contributed by atoms with Crippen LogP contribution in [0.1, 0.15) is 10.4 Å². The number of nitrogens with two attached hydrogens (primary N) is 1. The molecule has 0 spiro atoms. The van der Waals surface area contributed by atoms with Gasteiger partial charge in [0.15, 0.2) is 11.6 Å². The van der Waals surface area contributed by atoms with Crippen LogP contribution in [0, 0.1) is 0 Å². The number of amides is 1. The molecule has 7 nitrogen and oxygen atoms in total. The molecule has 0 atom stereocenters. The summed E-state index contributed by atoms with van der Waals surface area (Å²) in [5, 5.41) is 4.16. The highest BCUT2D eigenvalue weighted by molar-refractivity contribution is 6.43. The summed E-state index contributed by atoms with van der Waals surface area (Å²) in [5.74, 6) is 0.109. The summed E-state index contributed by atoms with van der Waals surface area (Å²) in [5.41, 5.74) is 12.3. The Morgan fingerprint density at radius 3 is 2.52 bits per heavy atom. The summed E-state index contributed by atoms with van der Waals surface area (Å²) in [6, 6.07) is 11.6. The summed E-state index contributed by atoms with van der Waals surface area (Å²) in [6.07, 6.45) is 1.28. The summed E-state index contributed by atoms with van der Waals surface area (Å²) >= 11 is 18.0. The molecule has 0 unspecified atom stereocenters. The topological polar surface area (TPSA) is 105 Å². The van der Waals surface area contributed by atoms with Crippen molar-refractivity contribution in [3.05, 3.63) is 69.4 Å². The van der Waals surface area contributed by atoms with Crippen LogP contribution in [0.15, 0.2) is 48.8 Å². The third-order valence-electron chi connectivity index (χ3n) is 3.47. The maximum Gasteiger partial charge on any atom is 0.269 e. The van der Waals surface area contributed by atoms with Crippen LogP contribution in [0.3, 0.4) is 0 Å². The summed E-state index contributed by atoms with van der Waals surface area (Å²) < 4.78 is 0. The lowest BCUT2D eigenvalue weighted by molar-refractivity contribution is 0.0962. The molecular formula is C17H13Cl3N6O. The van der Waals surface area contributed by atoms with E-state index >= 15 is 0 Å². The maximum atomic E-state index is 12.2. The normalized spacial score (nSPS) is 10.3. The molecule has 1 amide bonds. The quantitative estimate of drug-likeness (QED) is 0.450. The predicted octanol–water partition coefficient (Wildman–Crippen LogP) is 4.52. The molecule has 5 N–H and O–H groups in total. The lowest BCUT2D eigenvalue weighted by Gasteiger charge is -2.14. The number of carbonyl (C=O) groups is 1. The summed E-state index contributed by atoms with van der Waals surface area (Å²) in [6.45, 7) is 0. The summed E-state index contributed by atoms with van der Waals surface area (Å²) in [4.78, 5) is 20.3. The standard InChI is InChI=1S/C17H13Cl3N6O/c18-10-4-1-3-9(7-10)17(27)26-25-16-14(21)15(22-8-23-16)24-12-6-2-5-11(19)13(12)20/h1-8H,21H2,(H,26,27)(H2,22,23,24,25). The van der Waals surface area contributed by atoms with Crippen LogP contribution in [0.5, 0.6) is 0 Å². The molecule has 138 valence electrons. The third-order valence-corrected chi connectivity index (χ3v) is 4.52. The first-order valence-electron chi connectivity index (χ1n) is 7.59. The number of nitrogen functional groups attached to an aromatic ring is 1. The van der Waals surface area contributed by atoms with Crippen molar-refractivity contribution >= 4 is 63.7 Å². The molecule has 0 aliphatic heterocycles. The van der Waals surface area contributed by atoms with Crippen molar-refractivity contribution in [2.24, 2.45) is 0 Å². The smallest absolute Gasteiger partial charge is 0.269 e. The van der Waals surface area contributed by atoms with E-state index in [0.717, 1.165) is 0 Å². The Balaban J connectivity index is 1.75. The number of benzene rings is 2. The van der Waals surface area contributed by atoms with Crippen LogP contribution in [-0.2, 0) is 0 Å². The Hall–Kier alpha value is -2.74. The molecule has 3 aromatic rings. The average molecular weight is 424 g/mol. The lowest BCUT2D eigenvalue weighted by Crippen LogP contribution is -2.30. The SMILES string of the molecule is Nc1c(NNC(=O)c2cccc(Cl)c2)ncnc1Nc1cccc(Cl)c1Cl. The van der Waals surface area contributed by atoms with Crippen LogP contribution in [0.4, 0.5) is 23.0 Å². The van der Waals surface area contributed by atoms with E-state index in [0.29, 0.717) is 32.1 Å². The van der Waals surface area contributed by atoms with Gasteiger partial charge in [-0.05, 0) is 30.3 Å². The minimum Gasteiger partial charge on any atom is -0.393 e. The van der Waals surface area contributed by atoms with Gasteiger partial charge < -0.3 is 11.1 Å². The van der Waals surface area contributed by atoms with Gasteiger partial charge in [0.2, 0.25) is 0 Å². The fourth-order valence-corrected chi connectivity index (χ4v) is 2.68. The molecule has 27 heavy (non-hydrogen) atoms. The summed E-state index contributed by atoms with van der Waals surface area (Å²) in [7, 11) is 0. The van der Waals surface area contributed by atoms with Crippen LogP contribution in [0.2, 0.25) is 15.1 Å². The van der Waals surface area contributed by atoms with Gasteiger partial charge in [-0.1, -0.05) is 46.9 Å². The van der Waals surface area contributed by atoms with E-state index in [1.54, 1.807) is 36.4 Å². The van der Waals surface area contributed by atoms with Crippen molar-refractivity contribution in [1.82, 2.24) is 15.4 Å². The van der Waals surface area contributed by atoms with Gasteiger partial charge in [0.1, 0.15) is 12.0 Å². The van der Waals surface area contributed by atoms with E-state index in [1.807, 2.05) is 0 Å². The van der Waals surface area contributed by atoms with E-state index < -0.39 is 5.91 Å². The zero-order valence-electron chi connectivity index (χ0n) is 13.6. The molecule has 1 aromatic heterocycles. The maximum absolute atomic E-state index is 12.2. The number of hydrogen-bond acceptors (Lipinski definition) is 6. The molecule has 3 rings (SSSR count). The van der Waals surface area contributed by atoms with Crippen molar-refractivity contribution in [2.45, 2.75) is 0 Å². The first-order chi connectivity index (χ1) is 13.0. The number of hydrogen-bond donors (Lipinski definition) is 4. The fraction of sp³-hybridized carbons (Fsp3) is 0. The van der Waals surface area contributed by atoms with E-state index in [9.17, 15) is 4.79 Å². The fourth-order valence-electron chi connectivity index (χ4n) is 2.14. The Morgan fingerprint density at radius 2 is 1.74 bits per heavy atom. The molecule has 0 aliphatic rings. The van der Waals surface area contributed by atoms with Crippen molar-refractivity contribution in [3.63, 3.8) is 0 Å². The number of aromatic nitrogens is 2. The monoisotopic (exact) mass is 422 g/mol. The number of anilines is 4. The molecular weight excluding hydrogens is 411 g/mol. The molecule has 0 aliphatic carbocycles. The van der Waals surface area contributed by atoms with Gasteiger partial charge in [0.05, 0.1) is 15.7 Å². The van der Waals surface area contributed by atoms with Gasteiger partial charge >= 0.3 is 0 Å². The Labute approximate surface area is 169 Å². The first kappa shape index (κ1) is 19.0. The zero-order chi connectivity index (χ0) is 19.4. The Kier molecular flexibility index (Phi) is 5.85. The highest BCUT2D eigenvalue weighted by Crippen LogP contribution is 2.33. The van der Waals surface area contributed by atoms with E-state index in [-0.39, 0.29) is 11.5 Å². The van der Waals surface area contributed by atoms with Gasteiger partial charge in [-0.2, -0.15) is 0 Å². The number of rotatable bonds is 5. The highest BCUT2D eigenvalue weighted by Gasteiger charge is 2.12. The first-order valence-corrected chi connectivity index (χ1v) is 8.72. The average Bonchev–Trinajstić information content (AvgIpc) is 2.65. The Morgan fingerprint density at radius 1 is 1.00 bits per heavy atom. The van der Waals surface area contributed by atoms with Crippen molar-refractivity contribution in [2.75, 3.05) is 16.5 Å². The number of carbonyl (C=O) groups excluding carboxylic acids is 1. The molecule has 2 aromatic carbocycles. The number of hydrazine groups is 1. The second-order valence-electron chi connectivity index (χ2n) is 5.30. The number of nitrogens with one attached hydrogen (secondary N) is 3. The molecule has 1 heterocycles. The van der Waals surface area contributed by atoms with E-state index in [1.165, 1.54) is 12.4 Å². The lowest BCUT2D eigenvalue weighted by atomic mass is 10.2. The van der Waals surface area contributed by atoms with Gasteiger partial charge in [-0.15, -0.1) is 0 Å². The van der Waals surface area contributed by atoms with Crippen molar-refractivity contribution < 1.29 is 4.79 Å².